The van der Waals surface area contributed by atoms with Crippen LogP contribution in [-0.2, 0) is 11.0 Å². The minimum absolute atomic E-state index is 0.0133. The zero-order valence-corrected chi connectivity index (χ0v) is 22.0. The van der Waals surface area contributed by atoms with Crippen molar-refractivity contribution in [1.29, 1.82) is 0 Å². The van der Waals surface area contributed by atoms with E-state index in [0.717, 1.165) is 17.0 Å². The summed E-state index contributed by atoms with van der Waals surface area (Å²) < 4.78 is 71.7. The van der Waals surface area contributed by atoms with Crippen molar-refractivity contribution >= 4 is 41.1 Å². The van der Waals surface area contributed by atoms with Crippen molar-refractivity contribution in [2.45, 2.75) is 25.6 Å². The maximum Gasteiger partial charge on any atom is 0.421 e. The number of benzene rings is 3. The topological polar surface area (TPSA) is 64.7 Å². The summed E-state index contributed by atoms with van der Waals surface area (Å²) in [5.74, 6) is -2.26. The Morgan fingerprint density at radius 1 is 1.03 bits per heavy atom. The molecule has 1 unspecified atom stereocenters. The molecular weight excluding hydrogens is 543 g/mol. The first-order chi connectivity index (χ1) is 18.3. The second-order valence-electron chi connectivity index (χ2n) is 8.94. The first kappa shape index (κ1) is 29.7. The van der Waals surface area contributed by atoms with E-state index in [1.54, 1.807) is 44.1 Å². The third-order valence-corrected chi connectivity index (χ3v) is 6.11. The molecule has 12 heteroatoms. The lowest BCUT2D eigenvalue weighted by molar-refractivity contribution is -0.139. The molecule has 0 fully saturated rings. The Labute approximate surface area is 227 Å². The number of urea groups is 1. The standard InChI is InChI=1S/C27H26ClF5N4O2/c1-16(34-26(39)35-21-10-8-17(28)14-20(21)29)12-13-37(15-38)23-11-9-19(25(30)24(23)27(31,32)33)18-6-4-5-7-22(18)36(2)3/h4-11,14-16H,12-13H2,1-3H3,(H2,34,35,39). The summed E-state index contributed by atoms with van der Waals surface area (Å²) in [6.45, 7) is 1.28. The second kappa shape index (κ2) is 12.3. The molecule has 0 saturated carbocycles. The van der Waals surface area contributed by atoms with E-state index in [1.807, 2.05) is 0 Å². The fraction of sp³-hybridized carbons (Fsp3) is 0.259. The molecule has 0 radical (unpaired) electrons. The predicted molar refractivity (Wildman–Crippen MR) is 142 cm³/mol. The first-order valence-electron chi connectivity index (χ1n) is 11.7. The molecular formula is C27H26ClF5N4O2. The van der Waals surface area contributed by atoms with Crippen LogP contribution in [0.5, 0.6) is 0 Å². The highest BCUT2D eigenvalue weighted by molar-refractivity contribution is 6.30. The van der Waals surface area contributed by atoms with Crippen molar-refractivity contribution in [3.63, 3.8) is 0 Å². The van der Waals surface area contributed by atoms with Gasteiger partial charge in [-0.25, -0.2) is 13.6 Å². The highest BCUT2D eigenvalue weighted by atomic mass is 35.5. The molecule has 3 aromatic rings. The molecule has 0 bridgehead atoms. The zero-order valence-electron chi connectivity index (χ0n) is 21.2. The van der Waals surface area contributed by atoms with Crippen molar-refractivity contribution in [2.75, 3.05) is 35.8 Å². The number of hydrogen-bond acceptors (Lipinski definition) is 3. The highest BCUT2D eigenvalue weighted by Crippen LogP contribution is 2.43. The second-order valence-corrected chi connectivity index (χ2v) is 9.38. The average Bonchev–Trinajstić information content (AvgIpc) is 2.85. The Hall–Kier alpha value is -3.86. The van der Waals surface area contributed by atoms with Crippen LogP contribution >= 0.6 is 11.6 Å². The van der Waals surface area contributed by atoms with Crippen LogP contribution in [0.15, 0.2) is 54.6 Å². The van der Waals surface area contributed by atoms with Gasteiger partial charge < -0.3 is 20.4 Å². The maximum atomic E-state index is 15.5. The van der Waals surface area contributed by atoms with E-state index >= 15 is 4.39 Å². The first-order valence-corrected chi connectivity index (χ1v) is 12.1. The van der Waals surface area contributed by atoms with Gasteiger partial charge in [0.1, 0.15) is 17.2 Å². The quantitative estimate of drug-likeness (QED) is 0.217. The summed E-state index contributed by atoms with van der Waals surface area (Å²) >= 11 is 5.68. The van der Waals surface area contributed by atoms with Crippen molar-refractivity contribution in [3.8, 4) is 11.1 Å². The molecule has 1 atom stereocenters. The van der Waals surface area contributed by atoms with Gasteiger partial charge in [-0.15, -0.1) is 0 Å². The Balaban J connectivity index is 1.81. The van der Waals surface area contributed by atoms with E-state index in [1.165, 1.54) is 24.3 Å². The molecule has 0 aliphatic rings. The summed E-state index contributed by atoms with van der Waals surface area (Å²) in [7, 11) is 3.37. The third kappa shape index (κ3) is 7.17. The fourth-order valence-corrected chi connectivity index (χ4v) is 4.14. The number of nitrogens with one attached hydrogen (secondary N) is 2. The Morgan fingerprint density at radius 2 is 1.72 bits per heavy atom. The Bertz CT molecular complexity index is 1350. The number of alkyl halides is 3. The molecule has 0 heterocycles. The van der Waals surface area contributed by atoms with Gasteiger partial charge in [0, 0.05) is 48.5 Å². The monoisotopic (exact) mass is 568 g/mol. The minimum Gasteiger partial charge on any atom is -0.377 e. The van der Waals surface area contributed by atoms with Gasteiger partial charge in [0.15, 0.2) is 0 Å². The van der Waals surface area contributed by atoms with Gasteiger partial charge >= 0.3 is 12.2 Å². The van der Waals surface area contributed by atoms with Crippen LogP contribution in [0.1, 0.15) is 18.9 Å². The zero-order chi connectivity index (χ0) is 28.9. The molecule has 6 nitrogen and oxygen atoms in total. The van der Waals surface area contributed by atoms with Crippen LogP contribution in [0.2, 0.25) is 5.02 Å². The molecule has 39 heavy (non-hydrogen) atoms. The van der Waals surface area contributed by atoms with Gasteiger partial charge in [-0.05, 0) is 49.7 Å². The van der Waals surface area contributed by atoms with Crippen molar-refractivity contribution in [1.82, 2.24) is 5.32 Å². The van der Waals surface area contributed by atoms with Gasteiger partial charge in [-0.2, -0.15) is 13.2 Å². The molecule has 208 valence electrons. The molecule has 2 N–H and O–H groups in total. The van der Waals surface area contributed by atoms with E-state index in [9.17, 15) is 27.2 Å². The number of halogens is 6. The number of amides is 3. The maximum absolute atomic E-state index is 15.5. The van der Waals surface area contributed by atoms with Crippen LogP contribution < -0.4 is 20.4 Å². The molecule has 0 aromatic heterocycles. The SMILES string of the molecule is CC(CCN(C=O)c1ccc(-c2ccccc2N(C)C)c(F)c1C(F)(F)F)NC(=O)Nc1ccc(Cl)cc1F. The number of carbonyl (C=O) groups is 2. The molecule has 0 spiro atoms. The Morgan fingerprint density at radius 3 is 2.33 bits per heavy atom. The summed E-state index contributed by atoms with van der Waals surface area (Å²) in [5.41, 5.74) is -1.84. The van der Waals surface area contributed by atoms with E-state index in [0.29, 0.717) is 5.69 Å². The van der Waals surface area contributed by atoms with Gasteiger partial charge in [0.2, 0.25) is 6.41 Å². The van der Waals surface area contributed by atoms with Gasteiger partial charge in [0.25, 0.3) is 0 Å². The van der Waals surface area contributed by atoms with Crippen LogP contribution in [-0.4, -0.2) is 39.1 Å². The van der Waals surface area contributed by atoms with Crippen LogP contribution in [0, 0.1) is 11.6 Å². The predicted octanol–water partition coefficient (Wildman–Crippen LogP) is 6.93. The number of carbonyl (C=O) groups excluding carboxylic acids is 2. The molecule has 0 aliphatic carbocycles. The average molecular weight is 569 g/mol. The molecule has 3 aromatic carbocycles. The lowest BCUT2D eigenvalue weighted by Crippen LogP contribution is -2.39. The molecule has 0 saturated heterocycles. The van der Waals surface area contributed by atoms with E-state index < -0.39 is 41.1 Å². The summed E-state index contributed by atoms with van der Waals surface area (Å²) in [6, 6.07) is 10.9. The third-order valence-electron chi connectivity index (χ3n) is 5.88. The lowest BCUT2D eigenvalue weighted by Gasteiger charge is -2.26. The highest BCUT2D eigenvalue weighted by Gasteiger charge is 2.40. The lowest BCUT2D eigenvalue weighted by atomic mass is 9.98. The molecule has 3 rings (SSSR count). The van der Waals surface area contributed by atoms with Crippen LogP contribution in [0.25, 0.3) is 11.1 Å². The smallest absolute Gasteiger partial charge is 0.377 e. The molecule has 3 amide bonds. The van der Waals surface area contributed by atoms with Crippen molar-refractivity contribution in [3.05, 3.63) is 76.8 Å². The largest absolute Gasteiger partial charge is 0.421 e. The van der Waals surface area contributed by atoms with Gasteiger partial charge in [-0.1, -0.05) is 29.8 Å². The van der Waals surface area contributed by atoms with E-state index in [4.69, 9.17) is 11.6 Å². The van der Waals surface area contributed by atoms with Gasteiger partial charge in [-0.3, -0.25) is 4.79 Å². The number of anilines is 3. The van der Waals surface area contributed by atoms with Gasteiger partial charge in [0.05, 0.1) is 11.4 Å². The van der Waals surface area contributed by atoms with E-state index in [-0.39, 0.29) is 41.2 Å². The summed E-state index contributed by atoms with van der Waals surface area (Å²) in [6.07, 6.45) is -4.91. The number of para-hydroxylation sites is 1. The number of rotatable bonds is 9. The van der Waals surface area contributed by atoms with Crippen LogP contribution in [0.3, 0.4) is 0 Å². The number of hydrogen-bond donors (Lipinski definition) is 2. The summed E-state index contributed by atoms with van der Waals surface area (Å²) in [5, 5.41) is 4.96. The fourth-order valence-electron chi connectivity index (χ4n) is 3.98. The Kier molecular flexibility index (Phi) is 9.39. The normalized spacial score (nSPS) is 12.0. The number of nitrogens with zero attached hydrogens (tertiary/aromatic N) is 2. The van der Waals surface area contributed by atoms with Crippen LogP contribution in [0.4, 0.5) is 43.8 Å². The molecule has 0 aliphatic heterocycles. The van der Waals surface area contributed by atoms with Crippen molar-refractivity contribution in [2.24, 2.45) is 0 Å². The van der Waals surface area contributed by atoms with Crippen molar-refractivity contribution < 1.29 is 31.5 Å². The summed E-state index contributed by atoms with van der Waals surface area (Å²) in [4.78, 5) is 26.4. The van der Waals surface area contributed by atoms with E-state index in [2.05, 4.69) is 10.6 Å². The minimum atomic E-state index is -5.10.